The number of benzene rings is 2. The standard InChI is InChI=1S/C22H24F4O/c1-2-3-14-4-7-16(8-5-14)17-11-20(25)22(26)21(12-17)27-13-15-6-9-18(23)19(24)10-15/h6,9-12,14,16H,2-5,7-8,13H2,1H3. The van der Waals surface area contributed by atoms with E-state index in [4.69, 9.17) is 4.74 Å². The summed E-state index contributed by atoms with van der Waals surface area (Å²) in [6.07, 6.45) is 6.50. The molecule has 1 nitrogen and oxygen atoms in total. The van der Waals surface area contributed by atoms with Gasteiger partial charge in [-0.05, 0) is 72.9 Å². The van der Waals surface area contributed by atoms with Gasteiger partial charge in [-0.1, -0.05) is 25.8 Å². The SMILES string of the molecule is CCCC1CCC(c2cc(F)c(F)c(OCc3ccc(F)c(F)c3)c2)CC1. The molecular formula is C22H24F4O. The molecule has 0 N–H and O–H groups in total. The molecule has 1 aliphatic rings. The monoisotopic (exact) mass is 380 g/mol. The fourth-order valence-corrected chi connectivity index (χ4v) is 3.91. The molecule has 0 aliphatic heterocycles. The first kappa shape index (κ1) is 19.7. The average Bonchev–Trinajstić information content (AvgIpc) is 2.66. The summed E-state index contributed by atoms with van der Waals surface area (Å²) >= 11 is 0. The molecule has 2 aromatic carbocycles. The molecule has 1 aliphatic carbocycles. The van der Waals surface area contributed by atoms with Gasteiger partial charge < -0.3 is 4.74 Å². The highest BCUT2D eigenvalue weighted by molar-refractivity contribution is 5.34. The van der Waals surface area contributed by atoms with Crippen molar-refractivity contribution in [2.24, 2.45) is 5.92 Å². The molecule has 27 heavy (non-hydrogen) atoms. The van der Waals surface area contributed by atoms with Crippen LogP contribution >= 0.6 is 0 Å². The van der Waals surface area contributed by atoms with Crippen molar-refractivity contribution >= 4 is 0 Å². The highest BCUT2D eigenvalue weighted by atomic mass is 19.2. The summed E-state index contributed by atoms with van der Waals surface area (Å²) in [5.41, 5.74) is 1.09. The van der Waals surface area contributed by atoms with Crippen LogP contribution in [0.15, 0.2) is 30.3 Å². The van der Waals surface area contributed by atoms with E-state index in [1.54, 1.807) is 6.07 Å². The normalized spacial score (nSPS) is 19.9. The molecule has 146 valence electrons. The van der Waals surface area contributed by atoms with Crippen LogP contribution in [0, 0.1) is 29.2 Å². The van der Waals surface area contributed by atoms with Gasteiger partial charge in [-0.15, -0.1) is 0 Å². The minimum atomic E-state index is -1.05. The van der Waals surface area contributed by atoms with E-state index in [2.05, 4.69) is 6.92 Å². The quantitative estimate of drug-likeness (QED) is 0.496. The van der Waals surface area contributed by atoms with E-state index in [1.165, 1.54) is 25.0 Å². The van der Waals surface area contributed by atoms with Crippen molar-refractivity contribution in [2.45, 2.75) is 58.0 Å². The van der Waals surface area contributed by atoms with Crippen molar-refractivity contribution < 1.29 is 22.3 Å². The molecule has 0 amide bonds. The molecule has 0 aromatic heterocycles. The number of hydrogen-bond donors (Lipinski definition) is 0. The topological polar surface area (TPSA) is 9.23 Å². The fourth-order valence-electron chi connectivity index (χ4n) is 3.91. The minimum absolute atomic E-state index is 0.166. The zero-order chi connectivity index (χ0) is 19.4. The van der Waals surface area contributed by atoms with Crippen molar-refractivity contribution in [1.29, 1.82) is 0 Å². The van der Waals surface area contributed by atoms with E-state index >= 15 is 0 Å². The Balaban J connectivity index is 1.71. The van der Waals surface area contributed by atoms with E-state index in [1.807, 2.05) is 0 Å². The molecule has 2 aromatic rings. The lowest BCUT2D eigenvalue weighted by molar-refractivity contribution is 0.280. The van der Waals surface area contributed by atoms with Gasteiger partial charge in [-0.2, -0.15) is 4.39 Å². The van der Waals surface area contributed by atoms with Gasteiger partial charge >= 0.3 is 0 Å². The van der Waals surface area contributed by atoms with Gasteiger partial charge in [0.2, 0.25) is 5.82 Å². The third kappa shape index (κ3) is 4.82. The molecule has 0 spiro atoms. The molecule has 1 fully saturated rings. The third-order valence-corrected chi connectivity index (χ3v) is 5.41. The summed E-state index contributed by atoms with van der Waals surface area (Å²) in [5.74, 6) is -3.23. The predicted octanol–water partition coefficient (Wildman–Crippen LogP) is 6.90. The summed E-state index contributed by atoms with van der Waals surface area (Å²) in [4.78, 5) is 0. The molecule has 0 saturated heterocycles. The van der Waals surface area contributed by atoms with Crippen LogP contribution in [0.5, 0.6) is 5.75 Å². The van der Waals surface area contributed by atoms with E-state index in [-0.39, 0.29) is 18.3 Å². The van der Waals surface area contributed by atoms with E-state index in [0.29, 0.717) is 5.56 Å². The second kappa shape index (κ2) is 8.77. The number of halogens is 4. The first-order valence-electron chi connectivity index (χ1n) is 9.53. The maximum absolute atomic E-state index is 14.1. The highest BCUT2D eigenvalue weighted by Crippen LogP contribution is 2.39. The van der Waals surface area contributed by atoms with Crippen LogP contribution in [0.1, 0.15) is 62.5 Å². The van der Waals surface area contributed by atoms with Crippen LogP contribution in [0.25, 0.3) is 0 Å². The largest absolute Gasteiger partial charge is 0.486 e. The first-order valence-corrected chi connectivity index (χ1v) is 9.53. The molecule has 3 rings (SSSR count). The summed E-state index contributed by atoms with van der Waals surface area (Å²) in [7, 11) is 0. The highest BCUT2D eigenvalue weighted by Gasteiger charge is 2.24. The van der Waals surface area contributed by atoms with Gasteiger partial charge in [0.05, 0.1) is 0 Å². The minimum Gasteiger partial charge on any atom is -0.486 e. The van der Waals surface area contributed by atoms with Crippen molar-refractivity contribution in [1.82, 2.24) is 0 Å². The fraction of sp³-hybridized carbons (Fsp3) is 0.455. The zero-order valence-electron chi connectivity index (χ0n) is 15.4. The van der Waals surface area contributed by atoms with Crippen LogP contribution in [-0.4, -0.2) is 0 Å². The first-order chi connectivity index (χ1) is 13.0. The predicted molar refractivity (Wildman–Crippen MR) is 96.7 cm³/mol. The second-order valence-corrected chi connectivity index (χ2v) is 7.36. The van der Waals surface area contributed by atoms with Crippen LogP contribution < -0.4 is 4.74 Å². The zero-order valence-corrected chi connectivity index (χ0v) is 15.4. The Bertz CT molecular complexity index is 782. The average molecular weight is 380 g/mol. The number of rotatable bonds is 6. The lowest BCUT2D eigenvalue weighted by Gasteiger charge is -2.29. The van der Waals surface area contributed by atoms with Crippen LogP contribution in [0.4, 0.5) is 17.6 Å². The van der Waals surface area contributed by atoms with Crippen molar-refractivity contribution in [3.05, 3.63) is 64.7 Å². The molecule has 0 unspecified atom stereocenters. The lowest BCUT2D eigenvalue weighted by Crippen LogP contribution is -2.14. The molecule has 1 saturated carbocycles. The Morgan fingerprint density at radius 1 is 0.889 bits per heavy atom. The Labute approximate surface area is 157 Å². The van der Waals surface area contributed by atoms with Gasteiger partial charge in [-0.3, -0.25) is 0 Å². The van der Waals surface area contributed by atoms with Gasteiger partial charge in [-0.25, -0.2) is 13.2 Å². The molecule has 0 heterocycles. The lowest BCUT2D eigenvalue weighted by atomic mass is 9.77. The molecule has 5 heteroatoms. The Hall–Kier alpha value is -2.04. The summed E-state index contributed by atoms with van der Waals surface area (Å²) in [5, 5.41) is 0. The Morgan fingerprint density at radius 3 is 2.30 bits per heavy atom. The van der Waals surface area contributed by atoms with Crippen LogP contribution in [0.3, 0.4) is 0 Å². The molecule has 0 atom stereocenters. The Morgan fingerprint density at radius 2 is 1.63 bits per heavy atom. The van der Waals surface area contributed by atoms with Crippen molar-refractivity contribution in [3.63, 3.8) is 0 Å². The van der Waals surface area contributed by atoms with Gasteiger partial charge in [0.25, 0.3) is 0 Å². The van der Waals surface area contributed by atoms with Crippen molar-refractivity contribution in [2.75, 3.05) is 0 Å². The van der Waals surface area contributed by atoms with Crippen LogP contribution in [0.2, 0.25) is 0 Å². The van der Waals surface area contributed by atoms with E-state index in [0.717, 1.165) is 49.3 Å². The van der Waals surface area contributed by atoms with Crippen molar-refractivity contribution in [3.8, 4) is 5.75 Å². The van der Waals surface area contributed by atoms with E-state index < -0.39 is 23.3 Å². The summed E-state index contributed by atoms with van der Waals surface area (Å²) < 4.78 is 59.8. The number of ether oxygens (including phenoxy) is 1. The summed E-state index contributed by atoms with van der Waals surface area (Å²) in [6.45, 7) is 2.01. The maximum atomic E-state index is 14.1. The molecule has 0 radical (unpaired) electrons. The smallest absolute Gasteiger partial charge is 0.200 e. The second-order valence-electron chi connectivity index (χ2n) is 7.36. The number of hydrogen-bond acceptors (Lipinski definition) is 1. The third-order valence-electron chi connectivity index (χ3n) is 5.41. The van der Waals surface area contributed by atoms with Gasteiger partial charge in [0.15, 0.2) is 23.2 Å². The van der Waals surface area contributed by atoms with Gasteiger partial charge in [0, 0.05) is 0 Å². The molecule has 0 bridgehead atoms. The summed E-state index contributed by atoms with van der Waals surface area (Å²) in [6, 6.07) is 6.12. The van der Waals surface area contributed by atoms with Crippen LogP contribution in [-0.2, 0) is 6.61 Å². The van der Waals surface area contributed by atoms with E-state index in [9.17, 15) is 17.6 Å². The van der Waals surface area contributed by atoms with Gasteiger partial charge in [0.1, 0.15) is 6.61 Å². The maximum Gasteiger partial charge on any atom is 0.200 e. The Kier molecular flexibility index (Phi) is 6.40. The molecular weight excluding hydrogens is 356 g/mol.